The molecule has 0 spiro atoms. The number of benzene rings is 1. The van der Waals surface area contributed by atoms with E-state index in [4.69, 9.17) is 4.98 Å². The lowest BCUT2D eigenvalue weighted by Gasteiger charge is -2.38. The van der Waals surface area contributed by atoms with E-state index in [1.54, 1.807) is 5.56 Å². The number of nitrogens with one attached hydrogen (secondary N) is 2. The Labute approximate surface area is 179 Å². The Hall–Kier alpha value is -1.95. The molecule has 158 valence electrons. The molecule has 4 aliphatic rings. The number of hydrogen-bond acceptors (Lipinski definition) is 5. The van der Waals surface area contributed by atoms with E-state index < -0.39 is 0 Å². The van der Waals surface area contributed by atoms with Gasteiger partial charge in [-0.25, -0.2) is 0 Å². The molecule has 2 saturated heterocycles. The van der Waals surface area contributed by atoms with E-state index in [9.17, 15) is 0 Å². The van der Waals surface area contributed by atoms with Crippen molar-refractivity contribution < 1.29 is 0 Å². The maximum atomic E-state index is 4.76. The molecule has 1 aromatic carbocycles. The molecule has 0 amide bonds. The van der Waals surface area contributed by atoms with Crippen LogP contribution in [0, 0.1) is 0 Å². The molecule has 2 N–H and O–H groups in total. The largest absolute Gasteiger partial charge is 0.365 e. The van der Waals surface area contributed by atoms with Crippen LogP contribution in [0.4, 0.5) is 5.69 Å². The summed E-state index contributed by atoms with van der Waals surface area (Å²) in [5, 5.41) is 7.48. The minimum atomic E-state index is 0.453. The molecular formula is C25H33N5. The van der Waals surface area contributed by atoms with E-state index >= 15 is 0 Å². The van der Waals surface area contributed by atoms with Crippen molar-refractivity contribution in [1.29, 1.82) is 0 Å². The zero-order valence-electron chi connectivity index (χ0n) is 18.0. The molecule has 4 heterocycles. The number of anilines is 1. The molecule has 3 aliphatic heterocycles. The Bertz CT molecular complexity index is 928. The summed E-state index contributed by atoms with van der Waals surface area (Å²) in [6, 6.07) is 13.6. The smallest absolute Gasteiger partial charge is 0.0607 e. The molecule has 2 fully saturated rings. The van der Waals surface area contributed by atoms with Gasteiger partial charge in [-0.1, -0.05) is 18.2 Å². The molecule has 0 saturated carbocycles. The number of nitrogens with zero attached hydrogens (tertiary/aromatic N) is 3. The first-order valence-corrected chi connectivity index (χ1v) is 11.7. The first-order valence-electron chi connectivity index (χ1n) is 11.7. The first kappa shape index (κ1) is 18.8. The highest BCUT2D eigenvalue weighted by molar-refractivity contribution is 5.60. The third kappa shape index (κ3) is 3.24. The predicted molar refractivity (Wildman–Crippen MR) is 121 cm³/mol. The van der Waals surface area contributed by atoms with Crippen molar-refractivity contribution in [2.75, 3.05) is 31.6 Å². The van der Waals surface area contributed by atoms with Crippen LogP contribution in [-0.2, 0) is 19.4 Å². The highest BCUT2D eigenvalue weighted by Crippen LogP contribution is 2.36. The van der Waals surface area contributed by atoms with E-state index in [-0.39, 0.29) is 0 Å². The normalized spacial score (nSPS) is 29.9. The van der Waals surface area contributed by atoms with Gasteiger partial charge in [0.15, 0.2) is 0 Å². The maximum Gasteiger partial charge on any atom is 0.0607 e. The van der Waals surface area contributed by atoms with Crippen molar-refractivity contribution in [3.8, 4) is 0 Å². The molecule has 4 atom stereocenters. The second-order valence-corrected chi connectivity index (χ2v) is 9.74. The van der Waals surface area contributed by atoms with Gasteiger partial charge in [-0.05, 0) is 68.0 Å². The van der Waals surface area contributed by atoms with Crippen molar-refractivity contribution in [3.63, 3.8) is 0 Å². The summed E-state index contributed by atoms with van der Waals surface area (Å²) in [5.74, 6) is 0. The molecule has 2 bridgehead atoms. The van der Waals surface area contributed by atoms with Crippen LogP contribution in [-0.4, -0.2) is 54.7 Å². The Balaban J connectivity index is 1.20. The number of rotatable bonds is 4. The molecular weight excluding hydrogens is 370 g/mol. The van der Waals surface area contributed by atoms with Crippen LogP contribution in [0.5, 0.6) is 0 Å². The monoisotopic (exact) mass is 403 g/mol. The van der Waals surface area contributed by atoms with Gasteiger partial charge in [-0.3, -0.25) is 9.88 Å². The second-order valence-electron chi connectivity index (χ2n) is 9.74. The third-order valence-electron chi connectivity index (χ3n) is 7.85. The van der Waals surface area contributed by atoms with E-state index in [0.717, 1.165) is 26.1 Å². The van der Waals surface area contributed by atoms with E-state index in [2.05, 4.69) is 57.8 Å². The summed E-state index contributed by atoms with van der Waals surface area (Å²) in [4.78, 5) is 10.0. The quantitative estimate of drug-likeness (QED) is 0.822. The van der Waals surface area contributed by atoms with Crippen LogP contribution in [0.3, 0.4) is 0 Å². The number of piperazine rings is 1. The lowest BCUT2D eigenvalue weighted by atomic mass is 9.89. The summed E-state index contributed by atoms with van der Waals surface area (Å²) < 4.78 is 0. The van der Waals surface area contributed by atoms with E-state index in [1.807, 2.05) is 6.20 Å². The van der Waals surface area contributed by atoms with Gasteiger partial charge in [0.05, 0.1) is 11.7 Å². The predicted octanol–water partition coefficient (Wildman–Crippen LogP) is 2.66. The molecule has 1 aromatic heterocycles. The van der Waals surface area contributed by atoms with Gasteiger partial charge < -0.3 is 15.5 Å². The van der Waals surface area contributed by atoms with Gasteiger partial charge in [0.25, 0.3) is 0 Å². The fraction of sp³-hybridized carbons (Fsp3) is 0.560. The van der Waals surface area contributed by atoms with Gasteiger partial charge in [-0.2, -0.15) is 0 Å². The minimum absolute atomic E-state index is 0.453. The average molecular weight is 404 g/mol. The topological polar surface area (TPSA) is 43.4 Å². The summed E-state index contributed by atoms with van der Waals surface area (Å²) in [7, 11) is 2.29. The average Bonchev–Trinajstić information content (AvgIpc) is 3.42. The van der Waals surface area contributed by atoms with Crippen LogP contribution in [0.2, 0.25) is 0 Å². The minimum Gasteiger partial charge on any atom is -0.365 e. The lowest BCUT2D eigenvalue weighted by molar-refractivity contribution is 0.191. The zero-order valence-corrected chi connectivity index (χ0v) is 18.0. The van der Waals surface area contributed by atoms with Crippen molar-refractivity contribution >= 4 is 5.69 Å². The van der Waals surface area contributed by atoms with Crippen molar-refractivity contribution in [2.45, 2.75) is 62.8 Å². The first-order chi connectivity index (χ1) is 14.8. The van der Waals surface area contributed by atoms with Gasteiger partial charge in [0.1, 0.15) is 0 Å². The van der Waals surface area contributed by atoms with Crippen molar-refractivity contribution in [2.24, 2.45) is 0 Å². The lowest BCUT2D eigenvalue weighted by Crippen LogP contribution is -2.47. The second kappa shape index (κ2) is 7.63. The fourth-order valence-electron chi connectivity index (χ4n) is 6.34. The number of aryl methyl sites for hydroxylation is 1. The van der Waals surface area contributed by atoms with Gasteiger partial charge >= 0.3 is 0 Å². The number of fused-ring (bicyclic) bond motifs is 4. The van der Waals surface area contributed by atoms with Gasteiger partial charge in [-0.15, -0.1) is 0 Å². The number of hydrogen-bond donors (Lipinski definition) is 2. The molecule has 2 aromatic rings. The Kier molecular flexibility index (Phi) is 4.78. The molecule has 6 rings (SSSR count). The number of likely N-dealkylation sites (N-methyl/N-ethyl adjacent to an activating group) is 1. The zero-order chi connectivity index (χ0) is 20.1. The molecule has 5 heteroatoms. The molecule has 0 radical (unpaired) electrons. The third-order valence-corrected chi connectivity index (χ3v) is 7.85. The van der Waals surface area contributed by atoms with Crippen LogP contribution in [0.1, 0.15) is 47.7 Å². The molecule has 30 heavy (non-hydrogen) atoms. The van der Waals surface area contributed by atoms with Crippen molar-refractivity contribution in [3.05, 3.63) is 58.9 Å². The highest BCUT2D eigenvalue weighted by Gasteiger charge is 2.39. The molecule has 1 aliphatic carbocycles. The van der Waals surface area contributed by atoms with Crippen LogP contribution in [0.25, 0.3) is 0 Å². The number of pyridine rings is 1. The Morgan fingerprint density at radius 2 is 2.10 bits per heavy atom. The summed E-state index contributed by atoms with van der Waals surface area (Å²) in [5.41, 5.74) is 7.34. The molecule has 5 nitrogen and oxygen atoms in total. The maximum absolute atomic E-state index is 4.76. The van der Waals surface area contributed by atoms with Crippen LogP contribution < -0.4 is 15.5 Å². The fourth-order valence-corrected chi connectivity index (χ4v) is 6.34. The van der Waals surface area contributed by atoms with Crippen LogP contribution in [0.15, 0.2) is 36.5 Å². The highest BCUT2D eigenvalue weighted by atomic mass is 15.3. The van der Waals surface area contributed by atoms with Gasteiger partial charge in [0, 0.05) is 56.2 Å². The summed E-state index contributed by atoms with van der Waals surface area (Å²) >= 11 is 0. The number of aromatic nitrogens is 1. The molecule has 0 unspecified atom stereocenters. The van der Waals surface area contributed by atoms with Crippen LogP contribution >= 0.6 is 0 Å². The Morgan fingerprint density at radius 3 is 2.97 bits per heavy atom. The Morgan fingerprint density at radius 1 is 1.17 bits per heavy atom. The SMILES string of the molecule is CN(C[C@@H]1Cc2c(cccc2N2C[C@H]3C[C@@H]2CN3)CN1)[C@H]1CCCc2cccnc21. The van der Waals surface area contributed by atoms with Crippen molar-refractivity contribution in [1.82, 2.24) is 20.5 Å². The summed E-state index contributed by atoms with van der Waals surface area (Å²) in [6.07, 6.45) is 8.06. The summed E-state index contributed by atoms with van der Waals surface area (Å²) in [6.45, 7) is 4.37. The van der Waals surface area contributed by atoms with Gasteiger partial charge in [0.2, 0.25) is 0 Å². The van der Waals surface area contributed by atoms with E-state index in [1.165, 1.54) is 54.7 Å². The van der Waals surface area contributed by atoms with E-state index in [0.29, 0.717) is 24.2 Å². The standard InChI is InChI=1S/C25H33N5/c1-29(24-9-2-5-17-7-4-10-26-25(17)24)15-20-12-22-18(13-27-20)6-3-8-23(22)30-16-19-11-21(30)14-28-19/h3-4,6-8,10,19-21,24,27-28H,2,5,9,11-16H2,1H3/t19-,20+,21-,24+/m1/s1.